The minimum Gasteiger partial charge on any atom is -0.458 e. The summed E-state index contributed by atoms with van der Waals surface area (Å²) in [6.07, 6.45) is -9.67. The summed E-state index contributed by atoms with van der Waals surface area (Å²) < 4.78 is 35.4. The zero-order valence-corrected chi connectivity index (χ0v) is 45.9. The highest BCUT2D eigenvalue weighted by Gasteiger charge is 2.47. The van der Waals surface area contributed by atoms with Crippen LogP contribution in [0.3, 0.4) is 0 Å². The standard InChI is InChI=1S/C48H26Cl6N18O12/c49-27-13-21(1-7-33(27)61-67-55)43(73)79-19-39(81-45(75)23-3-9-35(63-69-57)29(51)15-23)41(83-47(77)25-5-11-37(65-71-59)31(53)17-25)42(84-48(78)26-6-12-38(66-72-60)32(54)18-26)40(82-46(76)24-4-10-36(64-70-58)30(52)16-24)20-80-44(74)22-2-8-34(62-68-56)28(50)14-22/h1-18,39-42H,19-20H2/t39-,40-,41-,42-/m1/s1. The molecule has 0 aliphatic rings. The van der Waals surface area contributed by atoms with Crippen molar-refractivity contribution in [3.63, 3.8) is 0 Å². The summed E-state index contributed by atoms with van der Waals surface area (Å²) in [4.78, 5) is 102. The fraction of sp³-hybridized carbons (Fsp3) is 0.125. The second kappa shape index (κ2) is 30.0. The van der Waals surface area contributed by atoms with Crippen molar-refractivity contribution in [3.05, 3.63) is 235 Å². The number of hydrogen-bond acceptors (Lipinski definition) is 18. The van der Waals surface area contributed by atoms with Gasteiger partial charge in [0.15, 0.2) is 24.4 Å². The smallest absolute Gasteiger partial charge is 0.338 e. The van der Waals surface area contributed by atoms with Crippen LogP contribution in [0.4, 0.5) is 34.1 Å². The Labute approximate surface area is 497 Å². The van der Waals surface area contributed by atoms with Crippen molar-refractivity contribution in [1.29, 1.82) is 0 Å². The third kappa shape index (κ3) is 16.4. The predicted octanol–water partition coefficient (Wildman–Crippen LogP) is 17.2. The van der Waals surface area contributed by atoms with E-state index in [-0.39, 0.29) is 75.4 Å². The van der Waals surface area contributed by atoms with Crippen LogP contribution in [-0.2, 0) is 28.4 Å². The normalized spacial score (nSPS) is 11.6. The molecule has 0 N–H and O–H groups in total. The lowest BCUT2D eigenvalue weighted by atomic mass is 10.0. The molecule has 0 spiro atoms. The molecule has 6 aromatic carbocycles. The number of rotatable bonds is 23. The van der Waals surface area contributed by atoms with Gasteiger partial charge in [-0.25, -0.2) is 28.8 Å². The number of hydrogen-bond donors (Lipinski definition) is 0. The van der Waals surface area contributed by atoms with Crippen molar-refractivity contribution < 1.29 is 57.2 Å². The van der Waals surface area contributed by atoms with Gasteiger partial charge in [-0.1, -0.05) is 137 Å². The lowest BCUT2D eigenvalue weighted by Crippen LogP contribution is -2.54. The average Bonchev–Trinajstić information content (AvgIpc) is 3.68. The Hall–Kier alpha value is -10.3. The van der Waals surface area contributed by atoms with Gasteiger partial charge in [0.05, 0.1) is 97.6 Å². The van der Waals surface area contributed by atoms with Gasteiger partial charge in [-0.15, -0.1) is 0 Å². The number of benzene rings is 6. The average molecular weight is 1260 g/mol. The number of azide groups is 6. The van der Waals surface area contributed by atoms with Crippen LogP contribution >= 0.6 is 69.6 Å². The molecule has 0 heterocycles. The molecule has 4 atom stereocenters. The van der Waals surface area contributed by atoms with Crippen LogP contribution in [0.2, 0.25) is 30.1 Å². The van der Waals surface area contributed by atoms with Crippen LogP contribution in [0.1, 0.15) is 62.1 Å². The highest BCUT2D eigenvalue weighted by Crippen LogP contribution is 2.34. The van der Waals surface area contributed by atoms with Gasteiger partial charge in [-0.05, 0) is 106 Å². The van der Waals surface area contributed by atoms with Crippen molar-refractivity contribution in [2.24, 2.45) is 30.7 Å². The maximum Gasteiger partial charge on any atom is 0.338 e. The van der Waals surface area contributed by atoms with E-state index in [1.165, 1.54) is 0 Å². The van der Waals surface area contributed by atoms with Crippen molar-refractivity contribution >= 4 is 140 Å². The Morgan fingerprint density at radius 3 is 0.702 bits per heavy atom. The topological polar surface area (TPSA) is 450 Å². The summed E-state index contributed by atoms with van der Waals surface area (Å²) in [5, 5.41) is 18.8. The van der Waals surface area contributed by atoms with E-state index in [4.69, 9.17) is 131 Å². The number of halogens is 6. The molecule has 0 aliphatic heterocycles. The third-order valence-corrected chi connectivity index (χ3v) is 12.6. The summed E-state index contributed by atoms with van der Waals surface area (Å²) in [6.45, 7) is -2.49. The molecule has 6 aromatic rings. The molecule has 30 nitrogen and oxygen atoms in total. The predicted molar refractivity (Wildman–Crippen MR) is 299 cm³/mol. The lowest BCUT2D eigenvalue weighted by molar-refractivity contribution is -0.138. The number of nitrogens with zero attached hydrogens (tertiary/aromatic N) is 18. The Kier molecular flexibility index (Phi) is 22.5. The molecule has 0 saturated carbocycles. The van der Waals surface area contributed by atoms with Gasteiger partial charge < -0.3 is 28.4 Å². The van der Waals surface area contributed by atoms with Crippen LogP contribution in [-0.4, -0.2) is 73.4 Å². The molecular weight excluding hydrogens is 1230 g/mol. The maximum absolute atomic E-state index is 14.7. The van der Waals surface area contributed by atoms with Gasteiger partial charge in [0.25, 0.3) is 0 Å². The molecule has 0 radical (unpaired) electrons. The Bertz CT molecular complexity index is 3720. The van der Waals surface area contributed by atoms with E-state index in [1.54, 1.807) is 0 Å². The van der Waals surface area contributed by atoms with Crippen LogP contribution in [0.5, 0.6) is 0 Å². The summed E-state index contributed by atoms with van der Waals surface area (Å²) in [6, 6.07) is 19.1. The first-order valence-electron chi connectivity index (χ1n) is 22.6. The van der Waals surface area contributed by atoms with E-state index in [0.29, 0.717) is 0 Å². The molecule has 84 heavy (non-hydrogen) atoms. The summed E-state index contributed by atoms with van der Waals surface area (Å²) >= 11 is 38.0. The fourth-order valence-electron chi connectivity index (χ4n) is 6.96. The van der Waals surface area contributed by atoms with Crippen LogP contribution in [0.25, 0.3) is 62.7 Å². The molecule has 0 fully saturated rings. The zero-order chi connectivity index (χ0) is 61.0. The monoisotopic (exact) mass is 1260 g/mol. The minimum atomic E-state index is -2.51. The largest absolute Gasteiger partial charge is 0.458 e. The van der Waals surface area contributed by atoms with Crippen molar-refractivity contribution in [1.82, 2.24) is 0 Å². The van der Waals surface area contributed by atoms with E-state index in [2.05, 4.69) is 60.2 Å². The molecule has 422 valence electrons. The molecule has 0 aromatic heterocycles. The summed E-state index contributed by atoms with van der Waals surface area (Å²) in [5.41, 5.74) is 51.0. The minimum absolute atomic E-state index is 0.117. The second-order valence-electron chi connectivity index (χ2n) is 16.0. The van der Waals surface area contributed by atoms with Crippen LogP contribution in [0, 0.1) is 0 Å². The first kappa shape index (κ1) is 62.9. The Balaban J connectivity index is 1.62. The highest BCUT2D eigenvalue weighted by molar-refractivity contribution is 6.35. The molecule has 36 heteroatoms. The van der Waals surface area contributed by atoms with Gasteiger partial charge in [0.2, 0.25) is 0 Å². The van der Waals surface area contributed by atoms with Crippen molar-refractivity contribution in [2.45, 2.75) is 24.4 Å². The first-order chi connectivity index (χ1) is 40.3. The first-order valence-corrected chi connectivity index (χ1v) is 24.9. The SMILES string of the molecule is [N-]=[N+]=Nc1ccc(C(=O)OC[C@@H](OC(=O)c2ccc(N=[N+]=[N-])c(Cl)c2)[C@@H](OC(=O)c2ccc(N=[N+]=[N-])c(Cl)c2)[C@H](OC(=O)c2ccc(N=[N+]=[N-])c(Cl)c2)[C@@H](COC(=O)c2ccc(N=[N+]=[N-])c(Cl)c2)OC(=O)c2ccc(N=[N+]=[N-])c(Cl)c2)cc1Cl. The van der Waals surface area contributed by atoms with Gasteiger partial charge >= 0.3 is 35.8 Å². The van der Waals surface area contributed by atoms with E-state index < -0.39 is 95.7 Å². The van der Waals surface area contributed by atoms with Crippen LogP contribution < -0.4 is 0 Å². The molecule has 0 saturated heterocycles. The van der Waals surface area contributed by atoms with Gasteiger partial charge in [-0.2, -0.15) is 0 Å². The van der Waals surface area contributed by atoms with Crippen molar-refractivity contribution in [2.75, 3.05) is 13.2 Å². The summed E-state index contributed by atoms with van der Waals surface area (Å²) in [7, 11) is 0. The van der Waals surface area contributed by atoms with E-state index >= 15 is 0 Å². The van der Waals surface area contributed by atoms with E-state index in [9.17, 15) is 28.8 Å². The number of ether oxygens (including phenoxy) is 6. The molecule has 6 rings (SSSR count). The molecule has 0 unspecified atom stereocenters. The maximum atomic E-state index is 14.7. The number of carbonyl (C=O) groups excluding carboxylic acids is 6. The van der Waals surface area contributed by atoms with E-state index in [1.807, 2.05) is 0 Å². The fourth-order valence-corrected chi connectivity index (χ4v) is 8.27. The summed E-state index contributed by atoms with van der Waals surface area (Å²) in [5.74, 6) is -8.21. The quantitative estimate of drug-likeness (QED) is 0.0190. The second-order valence-corrected chi connectivity index (χ2v) is 18.4. The molecular formula is C48H26Cl6N18O12. The number of carbonyl (C=O) groups is 6. The van der Waals surface area contributed by atoms with Gasteiger partial charge in [0, 0.05) is 29.5 Å². The molecule has 0 aliphatic carbocycles. The van der Waals surface area contributed by atoms with Gasteiger partial charge in [-0.3, -0.25) is 0 Å². The van der Waals surface area contributed by atoms with E-state index in [0.717, 1.165) is 109 Å². The van der Waals surface area contributed by atoms with Crippen molar-refractivity contribution in [3.8, 4) is 0 Å². The lowest BCUT2D eigenvalue weighted by Gasteiger charge is -2.36. The zero-order valence-electron chi connectivity index (χ0n) is 41.3. The molecule has 0 bridgehead atoms. The number of esters is 6. The molecule has 0 amide bonds. The Morgan fingerprint density at radius 1 is 0.321 bits per heavy atom. The Morgan fingerprint density at radius 2 is 0.512 bits per heavy atom. The highest BCUT2D eigenvalue weighted by atomic mass is 35.5. The third-order valence-electron chi connectivity index (χ3n) is 10.8. The van der Waals surface area contributed by atoms with Crippen LogP contribution in [0.15, 0.2) is 140 Å². The van der Waals surface area contributed by atoms with Gasteiger partial charge in [0.1, 0.15) is 13.2 Å².